The van der Waals surface area contributed by atoms with E-state index in [2.05, 4.69) is 15.4 Å². The molecule has 76 valence electrons. The average Bonchev–Trinajstić information content (AvgIpc) is 2.64. The molecule has 0 bridgehead atoms. The number of hydrogen-bond acceptors (Lipinski definition) is 4. The van der Waals surface area contributed by atoms with Crippen LogP contribution >= 0.6 is 0 Å². The van der Waals surface area contributed by atoms with Crippen molar-refractivity contribution >= 4 is 5.97 Å². The minimum absolute atomic E-state index is 0.146. The van der Waals surface area contributed by atoms with Crippen LogP contribution in [-0.2, 0) is 9.53 Å². The molecule has 0 aromatic carbocycles. The number of methoxy groups -OCH3 is 1. The van der Waals surface area contributed by atoms with E-state index in [1.54, 1.807) is 0 Å². The smallest absolute Gasteiger partial charge is 0.306 e. The highest BCUT2D eigenvalue weighted by molar-refractivity contribution is 5.69. The molecule has 0 spiro atoms. The second kappa shape index (κ2) is 5.94. The Labute approximate surface area is 79.0 Å². The van der Waals surface area contributed by atoms with E-state index in [1.165, 1.54) is 20.0 Å². The van der Waals surface area contributed by atoms with Crippen molar-refractivity contribution in [1.82, 2.24) is 10.6 Å². The van der Waals surface area contributed by atoms with Crippen LogP contribution in [0.25, 0.3) is 0 Å². The Bertz CT molecular complexity index is 156. The van der Waals surface area contributed by atoms with Gasteiger partial charge in [0, 0.05) is 19.1 Å². The topological polar surface area (TPSA) is 50.4 Å². The number of hydrogen-bond donors (Lipinski definition) is 2. The van der Waals surface area contributed by atoms with Crippen molar-refractivity contribution in [3.8, 4) is 0 Å². The maximum Gasteiger partial charge on any atom is 0.306 e. The van der Waals surface area contributed by atoms with Gasteiger partial charge in [0.15, 0.2) is 0 Å². The molecule has 1 aliphatic rings. The maximum atomic E-state index is 10.7. The molecule has 2 N–H and O–H groups in total. The van der Waals surface area contributed by atoms with Gasteiger partial charge in [0.1, 0.15) is 0 Å². The minimum Gasteiger partial charge on any atom is -0.469 e. The number of carbonyl (C=O) groups is 1. The lowest BCUT2D eigenvalue weighted by Crippen LogP contribution is -2.34. The summed E-state index contributed by atoms with van der Waals surface area (Å²) >= 11 is 0. The molecule has 4 nitrogen and oxygen atoms in total. The summed E-state index contributed by atoms with van der Waals surface area (Å²) in [6, 6.07) is 0.595. The Kier molecular flexibility index (Phi) is 4.78. The molecule has 1 fully saturated rings. The third-order valence-electron chi connectivity index (χ3n) is 2.29. The van der Waals surface area contributed by atoms with E-state index in [0.717, 1.165) is 13.1 Å². The number of carbonyl (C=O) groups excluding carboxylic acids is 1. The van der Waals surface area contributed by atoms with Crippen LogP contribution in [0.4, 0.5) is 0 Å². The molecule has 1 saturated heterocycles. The fraction of sp³-hybridized carbons (Fsp3) is 0.889. The summed E-state index contributed by atoms with van der Waals surface area (Å²) < 4.78 is 4.53. The van der Waals surface area contributed by atoms with Crippen LogP contribution in [0.15, 0.2) is 0 Å². The fourth-order valence-corrected chi connectivity index (χ4v) is 1.50. The third-order valence-corrected chi connectivity index (χ3v) is 2.29. The molecular weight excluding hydrogens is 168 g/mol. The minimum atomic E-state index is -0.146. The van der Waals surface area contributed by atoms with Gasteiger partial charge in [-0.2, -0.15) is 0 Å². The van der Waals surface area contributed by atoms with Gasteiger partial charge in [0.05, 0.1) is 13.5 Å². The number of nitrogens with one attached hydrogen (secondary N) is 2. The lowest BCUT2D eigenvalue weighted by atomic mass is 10.2. The SMILES string of the molecule is COC(=O)CCNCC1CCCN1. The van der Waals surface area contributed by atoms with Crippen molar-refractivity contribution in [1.29, 1.82) is 0 Å². The van der Waals surface area contributed by atoms with Crippen LogP contribution in [0.3, 0.4) is 0 Å². The van der Waals surface area contributed by atoms with Gasteiger partial charge in [0.2, 0.25) is 0 Å². The lowest BCUT2D eigenvalue weighted by molar-refractivity contribution is -0.140. The van der Waals surface area contributed by atoms with Crippen molar-refractivity contribution in [2.75, 3.05) is 26.7 Å². The first-order chi connectivity index (χ1) is 6.33. The van der Waals surface area contributed by atoms with Crippen molar-refractivity contribution in [2.45, 2.75) is 25.3 Å². The largest absolute Gasteiger partial charge is 0.469 e. The summed E-state index contributed by atoms with van der Waals surface area (Å²) in [5.41, 5.74) is 0. The summed E-state index contributed by atoms with van der Waals surface area (Å²) in [4.78, 5) is 10.7. The zero-order valence-corrected chi connectivity index (χ0v) is 8.14. The highest BCUT2D eigenvalue weighted by Crippen LogP contribution is 2.02. The van der Waals surface area contributed by atoms with Gasteiger partial charge in [-0.25, -0.2) is 0 Å². The first kappa shape index (κ1) is 10.5. The zero-order valence-electron chi connectivity index (χ0n) is 8.14. The Morgan fingerprint density at radius 1 is 1.69 bits per heavy atom. The summed E-state index contributed by atoms with van der Waals surface area (Å²) in [5, 5.41) is 6.61. The highest BCUT2D eigenvalue weighted by Gasteiger charge is 2.12. The molecule has 0 amide bonds. The zero-order chi connectivity index (χ0) is 9.52. The first-order valence-corrected chi connectivity index (χ1v) is 4.84. The molecule has 1 heterocycles. The Hall–Kier alpha value is -0.610. The molecule has 0 aromatic heterocycles. The monoisotopic (exact) mass is 186 g/mol. The highest BCUT2D eigenvalue weighted by atomic mass is 16.5. The van der Waals surface area contributed by atoms with Gasteiger partial charge in [0.25, 0.3) is 0 Å². The number of ether oxygens (including phenoxy) is 1. The molecule has 1 atom stereocenters. The molecule has 0 aliphatic carbocycles. The van der Waals surface area contributed by atoms with E-state index >= 15 is 0 Å². The Morgan fingerprint density at radius 2 is 2.54 bits per heavy atom. The number of esters is 1. The summed E-state index contributed by atoms with van der Waals surface area (Å²) in [7, 11) is 1.42. The molecule has 1 rings (SSSR count). The van der Waals surface area contributed by atoms with Crippen molar-refractivity contribution < 1.29 is 9.53 Å². The van der Waals surface area contributed by atoms with Crippen LogP contribution in [-0.4, -0.2) is 38.8 Å². The predicted octanol–water partition coefficient (Wildman–Crippen LogP) is -0.109. The summed E-state index contributed by atoms with van der Waals surface area (Å²) in [6.45, 7) is 2.80. The van der Waals surface area contributed by atoms with Gasteiger partial charge >= 0.3 is 5.97 Å². The summed E-state index contributed by atoms with van der Waals surface area (Å²) in [5.74, 6) is -0.146. The molecular formula is C9H18N2O2. The maximum absolute atomic E-state index is 10.7. The van der Waals surface area contributed by atoms with Crippen LogP contribution in [0, 0.1) is 0 Å². The van der Waals surface area contributed by atoms with E-state index < -0.39 is 0 Å². The van der Waals surface area contributed by atoms with Gasteiger partial charge in [-0.05, 0) is 19.4 Å². The molecule has 1 aliphatic heterocycles. The molecule has 13 heavy (non-hydrogen) atoms. The third kappa shape index (κ3) is 4.24. The Morgan fingerprint density at radius 3 is 3.15 bits per heavy atom. The number of rotatable bonds is 5. The quantitative estimate of drug-likeness (QED) is 0.465. The molecule has 0 aromatic rings. The Balaban J connectivity index is 1.91. The van der Waals surface area contributed by atoms with E-state index in [-0.39, 0.29) is 5.97 Å². The molecule has 1 unspecified atom stereocenters. The summed E-state index contributed by atoms with van der Waals surface area (Å²) in [6.07, 6.45) is 2.97. The molecule has 4 heteroatoms. The molecule has 0 saturated carbocycles. The second-order valence-electron chi connectivity index (χ2n) is 3.32. The van der Waals surface area contributed by atoms with Crippen molar-refractivity contribution in [3.63, 3.8) is 0 Å². The van der Waals surface area contributed by atoms with Gasteiger partial charge in [-0.15, -0.1) is 0 Å². The van der Waals surface area contributed by atoms with Crippen LogP contribution in [0.1, 0.15) is 19.3 Å². The van der Waals surface area contributed by atoms with Gasteiger partial charge < -0.3 is 15.4 Å². The van der Waals surface area contributed by atoms with Crippen LogP contribution < -0.4 is 10.6 Å². The van der Waals surface area contributed by atoms with E-state index in [9.17, 15) is 4.79 Å². The van der Waals surface area contributed by atoms with E-state index in [0.29, 0.717) is 19.0 Å². The van der Waals surface area contributed by atoms with Crippen molar-refractivity contribution in [2.24, 2.45) is 0 Å². The molecule has 0 radical (unpaired) electrons. The van der Waals surface area contributed by atoms with E-state index in [4.69, 9.17) is 0 Å². The predicted molar refractivity (Wildman–Crippen MR) is 50.5 cm³/mol. The first-order valence-electron chi connectivity index (χ1n) is 4.84. The van der Waals surface area contributed by atoms with Crippen LogP contribution in [0.5, 0.6) is 0 Å². The average molecular weight is 186 g/mol. The van der Waals surface area contributed by atoms with Gasteiger partial charge in [-0.1, -0.05) is 0 Å². The van der Waals surface area contributed by atoms with Crippen molar-refractivity contribution in [3.05, 3.63) is 0 Å². The normalized spacial score (nSPS) is 21.8. The van der Waals surface area contributed by atoms with Crippen LogP contribution in [0.2, 0.25) is 0 Å². The fourth-order valence-electron chi connectivity index (χ4n) is 1.50. The van der Waals surface area contributed by atoms with Gasteiger partial charge in [-0.3, -0.25) is 4.79 Å². The standard InChI is InChI=1S/C9H18N2O2/c1-13-9(12)4-6-10-7-8-3-2-5-11-8/h8,10-11H,2-7H2,1H3. The second-order valence-corrected chi connectivity index (χ2v) is 3.32. The van der Waals surface area contributed by atoms with E-state index in [1.807, 2.05) is 0 Å². The lowest BCUT2D eigenvalue weighted by Gasteiger charge is -2.10.